The molecule has 6 heteroatoms. The molecule has 1 fully saturated rings. The predicted molar refractivity (Wildman–Crippen MR) is 92.3 cm³/mol. The summed E-state index contributed by atoms with van der Waals surface area (Å²) in [6, 6.07) is 7.49. The van der Waals surface area contributed by atoms with Crippen LogP contribution in [-0.4, -0.2) is 33.7 Å². The highest BCUT2D eigenvalue weighted by Crippen LogP contribution is 2.37. The normalized spacial score (nSPS) is 26.1. The lowest BCUT2D eigenvalue weighted by Gasteiger charge is -2.40. The third-order valence-electron chi connectivity index (χ3n) is 5.65. The SMILES string of the molecule is CN1C(=O)CC[C@@H](NC2CCc3c(F)cccc32)[C@@H]1c1ccnn1C. The summed E-state index contributed by atoms with van der Waals surface area (Å²) in [6.07, 6.45) is 4.73. The maximum absolute atomic E-state index is 14.0. The van der Waals surface area contributed by atoms with Gasteiger partial charge in [0.2, 0.25) is 5.91 Å². The molecule has 0 bridgehead atoms. The van der Waals surface area contributed by atoms with E-state index < -0.39 is 0 Å². The molecule has 5 nitrogen and oxygen atoms in total. The quantitative estimate of drug-likeness (QED) is 0.932. The highest BCUT2D eigenvalue weighted by molar-refractivity contribution is 5.77. The Bertz CT molecular complexity index is 802. The Labute approximate surface area is 146 Å². The summed E-state index contributed by atoms with van der Waals surface area (Å²) in [6.45, 7) is 0. The van der Waals surface area contributed by atoms with Crippen LogP contribution in [0.5, 0.6) is 0 Å². The van der Waals surface area contributed by atoms with Crippen molar-refractivity contribution in [2.45, 2.75) is 43.8 Å². The van der Waals surface area contributed by atoms with Crippen molar-refractivity contribution in [2.75, 3.05) is 7.05 Å². The zero-order chi connectivity index (χ0) is 17.6. The van der Waals surface area contributed by atoms with Crippen molar-refractivity contribution in [3.05, 3.63) is 53.1 Å². The van der Waals surface area contributed by atoms with Crippen LogP contribution in [-0.2, 0) is 18.3 Å². The second-order valence-electron chi connectivity index (χ2n) is 7.04. The molecule has 0 radical (unpaired) electrons. The zero-order valence-electron chi connectivity index (χ0n) is 14.6. The van der Waals surface area contributed by atoms with Crippen molar-refractivity contribution in [1.29, 1.82) is 0 Å². The molecule has 2 heterocycles. The standard InChI is InChI=1S/C19H23FN4O/c1-23-18(25)9-8-16(19(23)17-10-11-21-24(17)2)22-15-7-6-12-13(15)4-3-5-14(12)20/h3-5,10-11,15-16,19,22H,6-9H2,1-2H3/t15?,16-,19-/m1/s1. The number of hydrogen-bond donors (Lipinski definition) is 1. The highest BCUT2D eigenvalue weighted by atomic mass is 19.1. The van der Waals surface area contributed by atoms with Gasteiger partial charge in [0.15, 0.2) is 0 Å². The smallest absolute Gasteiger partial charge is 0.222 e. The number of carbonyl (C=O) groups excluding carboxylic acids is 1. The molecule has 1 aliphatic heterocycles. The molecular weight excluding hydrogens is 319 g/mol. The lowest BCUT2D eigenvalue weighted by molar-refractivity contribution is -0.136. The first-order valence-electron chi connectivity index (χ1n) is 8.83. The fourth-order valence-corrected chi connectivity index (χ4v) is 4.33. The average molecular weight is 342 g/mol. The van der Waals surface area contributed by atoms with E-state index in [0.717, 1.165) is 36.1 Å². The first kappa shape index (κ1) is 16.3. The van der Waals surface area contributed by atoms with Crippen LogP contribution in [0.3, 0.4) is 0 Å². The van der Waals surface area contributed by atoms with Crippen LogP contribution < -0.4 is 5.32 Å². The molecule has 0 saturated carbocycles. The zero-order valence-corrected chi connectivity index (χ0v) is 14.6. The van der Waals surface area contributed by atoms with E-state index in [1.54, 1.807) is 12.3 Å². The number of aryl methyl sites for hydroxylation is 1. The molecule has 1 saturated heterocycles. The lowest BCUT2D eigenvalue weighted by atomic mass is 9.92. The van der Waals surface area contributed by atoms with E-state index in [2.05, 4.69) is 10.4 Å². The number of nitrogens with one attached hydrogen (secondary N) is 1. The predicted octanol–water partition coefficient (Wildman–Crippen LogP) is 2.50. The Morgan fingerprint density at radius 2 is 2.04 bits per heavy atom. The second-order valence-corrected chi connectivity index (χ2v) is 7.04. The Balaban J connectivity index is 1.62. The highest BCUT2D eigenvalue weighted by Gasteiger charge is 2.38. The fraction of sp³-hybridized carbons (Fsp3) is 0.474. The van der Waals surface area contributed by atoms with Gasteiger partial charge in [-0.05, 0) is 42.5 Å². The van der Waals surface area contributed by atoms with E-state index in [1.807, 2.05) is 35.8 Å². The summed E-state index contributed by atoms with van der Waals surface area (Å²) in [5.41, 5.74) is 2.91. The number of likely N-dealkylation sites (N-methyl/N-ethyl adjacent to an activating group) is 1. The molecule has 1 aromatic carbocycles. The summed E-state index contributed by atoms with van der Waals surface area (Å²) in [5.74, 6) is 0.0445. The number of amides is 1. The monoisotopic (exact) mass is 342 g/mol. The van der Waals surface area contributed by atoms with Gasteiger partial charge in [0.1, 0.15) is 5.82 Å². The Morgan fingerprint density at radius 1 is 1.20 bits per heavy atom. The number of benzene rings is 1. The van der Waals surface area contributed by atoms with Gasteiger partial charge in [-0.2, -0.15) is 5.10 Å². The van der Waals surface area contributed by atoms with Crippen molar-refractivity contribution >= 4 is 5.91 Å². The number of aromatic nitrogens is 2. The van der Waals surface area contributed by atoms with Crippen LogP contribution in [0.4, 0.5) is 4.39 Å². The number of halogens is 1. The first-order valence-corrected chi connectivity index (χ1v) is 8.83. The number of hydrogen-bond acceptors (Lipinski definition) is 3. The Kier molecular flexibility index (Phi) is 4.07. The number of carbonyl (C=O) groups is 1. The Morgan fingerprint density at radius 3 is 2.80 bits per heavy atom. The average Bonchev–Trinajstić information content (AvgIpc) is 3.19. The van der Waals surface area contributed by atoms with Crippen molar-refractivity contribution in [3.63, 3.8) is 0 Å². The number of likely N-dealkylation sites (tertiary alicyclic amines) is 1. The van der Waals surface area contributed by atoms with Crippen LogP contribution >= 0.6 is 0 Å². The molecular formula is C19H23FN4O. The molecule has 1 N–H and O–H groups in total. The van der Waals surface area contributed by atoms with Gasteiger partial charge in [-0.15, -0.1) is 0 Å². The van der Waals surface area contributed by atoms with Gasteiger partial charge in [0, 0.05) is 38.8 Å². The van der Waals surface area contributed by atoms with E-state index in [-0.39, 0.29) is 29.8 Å². The number of rotatable bonds is 3. The summed E-state index contributed by atoms with van der Waals surface area (Å²) >= 11 is 0. The fourth-order valence-electron chi connectivity index (χ4n) is 4.33. The van der Waals surface area contributed by atoms with Crippen LogP contribution in [0.2, 0.25) is 0 Å². The number of nitrogens with zero attached hydrogens (tertiary/aromatic N) is 3. The van der Waals surface area contributed by atoms with E-state index in [1.165, 1.54) is 6.07 Å². The molecule has 1 aliphatic carbocycles. The van der Waals surface area contributed by atoms with Gasteiger partial charge in [0.05, 0.1) is 11.7 Å². The third-order valence-corrected chi connectivity index (χ3v) is 5.65. The third kappa shape index (κ3) is 2.74. The molecule has 3 atom stereocenters. The van der Waals surface area contributed by atoms with Crippen LogP contribution in [0.1, 0.15) is 48.2 Å². The summed E-state index contributed by atoms with van der Waals surface area (Å²) in [4.78, 5) is 14.1. The van der Waals surface area contributed by atoms with E-state index in [0.29, 0.717) is 6.42 Å². The van der Waals surface area contributed by atoms with Gasteiger partial charge in [-0.3, -0.25) is 9.48 Å². The van der Waals surface area contributed by atoms with Gasteiger partial charge < -0.3 is 10.2 Å². The van der Waals surface area contributed by atoms with Gasteiger partial charge in [-0.1, -0.05) is 12.1 Å². The van der Waals surface area contributed by atoms with E-state index >= 15 is 0 Å². The molecule has 2 aromatic rings. The van der Waals surface area contributed by atoms with Gasteiger partial charge in [0.25, 0.3) is 0 Å². The van der Waals surface area contributed by atoms with Gasteiger partial charge >= 0.3 is 0 Å². The van der Waals surface area contributed by atoms with Crippen molar-refractivity contribution in [3.8, 4) is 0 Å². The molecule has 2 aliphatic rings. The summed E-state index contributed by atoms with van der Waals surface area (Å²) in [7, 11) is 3.76. The Hall–Kier alpha value is -2.21. The van der Waals surface area contributed by atoms with E-state index in [9.17, 15) is 9.18 Å². The van der Waals surface area contributed by atoms with Crippen LogP contribution in [0.15, 0.2) is 30.5 Å². The van der Waals surface area contributed by atoms with Crippen molar-refractivity contribution in [2.24, 2.45) is 7.05 Å². The van der Waals surface area contributed by atoms with Crippen LogP contribution in [0.25, 0.3) is 0 Å². The van der Waals surface area contributed by atoms with E-state index in [4.69, 9.17) is 0 Å². The minimum atomic E-state index is -0.110. The maximum Gasteiger partial charge on any atom is 0.222 e. The summed E-state index contributed by atoms with van der Waals surface area (Å²) < 4.78 is 15.8. The maximum atomic E-state index is 14.0. The molecule has 1 unspecified atom stereocenters. The van der Waals surface area contributed by atoms with Crippen molar-refractivity contribution < 1.29 is 9.18 Å². The molecule has 0 spiro atoms. The molecule has 25 heavy (non-hydrogen) atoms. The molecule has 1 amide bonds. The first-order chi connectivity index (χ1) is 12.1. The minimum absolute atomic E-state index is 0.0636. The largest absolute Gasteiger partial charge is 0.336 e. The topological polar surface area (TPSA) is 50.2 Å². The molecule has 4 rings (SSSR count). The number of piperidine rings is 1. The van der Waals surface area contributed by atoms with Gasteiger partial charge in [-0.25, -0.2) is 4.39 Å². The van der Waals surface area contributed by atoms with Crippen molar-refractivity contribution in [1.82, 2.24) is 20.0 Å². The molecule has 132 valence electrons. The minimum Gasteiger partial charge on any atom is -0.336 e. The molecule has 1 aromatic heterocycles. The van der Waals surface area contributed by atoms with Crippen LogP contribution in [0, 0.1) is 5.82 Å². The summed E-state index contributed by atoms with van der Waals surface area (Å²) in [5, 5.41) is 7.98. The second kappa shape index (κ2) is 6.26. The number of fused-ring (bicyclic) bond motifs is 1. The lowest BCUT2D eigenvalue weighted by Crippen LogP contribution is -2.50.